The fraction of sp³-hybridized carbons (Fsp3) is 0.429. The number of benzene rings is 1. The Kier molecular flexibility index (Phi) is 5.46. The summed E-state index contributed by atoms with van der Waals surface area (Å²) in [6.45, 7) is 1.47. The molecule has 1 amide bonds. The number of nitrogens with zero attached hydrogens (tertiary/aromatic N) is 3. The Bertz CT molecular complexity index is 952. The molecule has 7 heteroatoms. The number of hydrogen-bond donors (Lipinski definition) is 0. The van der Waals surface area contributed by atoms with Crippen LogP contribution in [0.15, 0.2) is 47.6 Å². The highest BCUT2D eigenvalue weighted by molar-refractivity contribution is 7.89. The van der Waals surface area contributed by atoms with E-state index in [0.717, 1.165) is 18.4 Å². The molecule has 4 rings (SSSR count). The van der Waals surface area contributed by atoms with Crippen LogP contribution in [0.5, 0.6) is 0 Å². The molecule has 0 unspecified atom stereocenters. The molecule has 0 radical (unpaired) electrons. The SMILES string of the molecule is O=C(Cc1ccc2c(c1)CCCC2)N1CCN(S(=O)(=O)c2cccnc2)CC1. The van der Waals surface area contributed by atoms with Crippen LogP contribution in [0.2, 0.25) is 0 Å². The van der Waals surface area contributed by atoms with E-state index in [2.05, 4.69) is 23.2 Å². The lowest BCUT2D eigenvalue weighted by Crippen LogP contribution is -2.50. The van der Waals surface area contributed by atoms with E-state index in [9.17, 15) is 13.2 Å². The van der Waals surface area contributed by atoms with Gasteiger partial charge in [0, 0.05) is 38.6 Å². The summed E-state index contributed by atoms with van der Waals surface area (Å²) in [7, 11) is -3.55. The van der Waals surface area contributed by atoms with Crippen molar-refractivity contribution in [2.24, 2.45) is 0 Å². The van der Waals surface area contributed by atoms with Crippen molar-refractivity contribution < 1.29 is 13.2 Å². The number of carbonyl (C=O) groups excluding carboxylic acids is 1. The summed E-state index contributed by atoms with van der Waals surface area (Å²) >= 11 is 0. The van der Waals surface area contributed by atoms with Gasteiger partial charge in [0.05, 0.1) is 6.42 Å². The zero-order valence-electron chi connectivity index (χ0n) is 15.9. The quantitative estimate of drug-likeness (QED) is 0.789. The van der Waals surface area contributed by atoms with Crippen molar-refractivity contribution in [2.75, 3.05) is 26.2 Å². The summed E-state index contributed by atoms with van der Waals surface area (Å²) in [4.78, 5) is 18.6. The van der Waals surface area contributed by atoms with Crippen LogP contribution < -0.4 is 0 Å². The van der Waals surface area contributed by atoms with E-state index in [1.165, 1.54) is 34.5 Å². The van der Waals surface area contributed by atoms with E-state index in [-0.39, 0.29) is 10.8 Å². The van der Waals surface area contributed by atoms with Crippen LogP contribution in [-0.4, -0.2) is 54.7 Å². The predicted octanol–water partition coefficient (Wildman–Crippen LogP) is 2.04. The van der Waals surface area contributed by atoms with Gasteiger partial charge in [0.15, 0.2) is 0 Å². The Morgan fingerprint density at radius 3 is 2.46 bits per heavy atom. The molecule has 6 nitrogen and oxygen atoms in total. The van der Waals surface area contributed by atoms with Crippen LogP contribution in [0.4, 0.5) is 0 Å². The average Bonchev–Trinajstić information content (AvgIpc) is 2.74. The number of aryl methyl sites for hydroxylation is 2. The molecule has 1 aromatic carbocycles. The van der Waals surface area contributed by atoms with E-state index < -0.39 is 10.0 Å². The fourth-order valence-electron chi connectivity index (χ4n) is 4.01. The van der Waals surface area contributed by atoms with Crippen molar-refractivity contribution in [1.29, 1.82) is 0 Å². The van der Waals surface area contributed by atoms with Gasteiger partial charge in [0.1, 0.15) is 4.90 Å². The van der Waals surface area contributed by atoms with Crippen molar-refractivity contribution >= 4 is 15.9 Å². The van der Waals surface area contributed by atoms with Gasteiger partial charge in [-0.3, -0.25) is 9.78 Å². The number of hydrogen-bond acceptors (Lipinski definition) is 4. The van der Waals surface area contributed by atoms with Crippen LogP contribution >= 0.6 is 0 Å². The molecule has 2 aliphatic rings. The van der Waals surface area contributed by atoms with Crippen LogP contribution in [-0.2, 0) is 34.1 Å². The maximum atomic E-state index is 12.7. The minimum Gasteiger partial charge on any atom is -0.340 e. The Hall–Kier alpha value is -2.25. The first-order valence-electron chi connectivity index (χ1n) is 9.83. The van der Waals surface area contributed by atoms with Crippen molar-refractivity contribution in [1.82, 2.24) is 14.2 Å². The molecule has 1 aromatic heterocycles. The number of sulfonamides is 1. The first-order valence-corrected chi connectivity index (χ1v) is 11.3. The Morgan fingerprint density at radius 2 is 1.75 bits per heavy atom. The largest absolute Gasteiger partial charge is 0.340 e. The van der Waals surface area contributed by atoms with Gasteiger partial charge in [-0.15, -0.1) is 0 Å². The maximum Gasteiger partial charge on any atom is 0.244 e. The molecule has 1 fully saturated rings. The molecular weight excluding hydrogens is 374 g/mol. The van der Waals surface area contributed by atoms with E-state index in [1.54, 1.807) is 23.2 Å². The minimum absolute atomic E-state index is 0.0641. The van der Waals surface area contributed by atoms with Gasteiger partial charge in [0.2, 0.25) is 15.9 Å². The van der Waals surface area contributed by atoms with E-state index in [1.807, 2.05) is 0 Å². The Balaban J connectivity index is 1.37. The molecule has 0 saturated carbocycles. The Morgan fingerprint density at radius 1 is 1.00 bits per heavy atom. The number of pyridine rings is 1. The molecule has 0 atom stereocenters. The van der Waals surface area contributed by atoms with E-state index >= 15 is 0 Å². The van der Waals surface area contributed by atoms with Crippen LogP contribution in [0.25, 0.3) is 0 Å². The number of fused-ring (bicyclic) bond motifs is 1. The second kappa shape index (κ2) is 8.01. The first-order chi connectivity index (χ1) is 13.5. The van der Waals surface area contributed by atoms with Gasteiger partial charge in [-0.1, -0.05) is 18.2 Å². The van der Waals surface area contributed by atoms with Crippen LogP contribution in [0.3, 0.4) is 0 Å². The van der Waals surface area contributed by atoms with Gasteiger partial charge in [0.25, 0.3) is 0 Å². The standard InChI is InChI=1S/C21H25N3O3S/c25-21(15-17-7-8-18-4-1-2-5-19(18)14-17)23-10-12-24(13-11-23)28(26,27)20-6-3-9-22-16-20/h3,6-9,14,16H,1-2,4-5,10-13,15H2. The third-order valence-electron chi connectivity index (χ3n) is 5.63. The van der Waals surface area contributed by atoms with Crippen molar-refractivity contribution in [3.05, 3.63) is 59.4 Å². The molecule has 1 saturated heterocycles. The van der Waals surface area contributed by atoms with Gasteiger partial charge in [-0.25, -0.2) is 8.42 Å². The molecule has 0 bridgehead atoms. The average molecular weight is 400 g/mol. The highest BCUT2D eigenvalue weighted by atomic mass is 32.2. The van der Waals surface area contributed by atoms with Crippen LogP contribution in [0.1, 0.15) is 29.5 Å². The Labute approximate surface area is 166 Å². The smallest absolute Gasteiger partial charge is 0.244 e. The number of rotatable bonds is 4. The molecule has 0 N–H and O–H groups in total. The lowest BCUT2D eigenvalue weighted by molar-refractivity contribution is -0.131. The van der Waals surface area contributed by atoms with Gasteiger partial charge in [-0.05, 0) is 54.5 Å². The van der Waals surface area contributed by atoms with Gasteiger partial charge >= 0.3 is 0 Å². The van der Waals surface area contributed by atoms with Gasteiger partial charge in [-0.2, -0.15) is 4.31 Å². The van der Waals surface area contributed by atoms with E-state index in [0.29, 0.717) is 32.6 Å². The molecule has 148 valence electrons. The molecule has 1 aliphatic heterocycles. The topological polar surface area (TPSA) is 70.6 Å². The lowest BCUT2D eigenvalue weighted by Gasteiger charge is -2.34. The summed E-state index contributed by atoms with van der Waals surface area (Å²) in [5.41, 5.74) is 3.84. The number of amides is 1. The third kappa shape index (κ3) is 3.95. The van der Waals surface area contributed by atoms with Crippen molar-refractivity contribution in [3.63, 3.8) is 0 Å². The summed E-state index contributed by atoms with van der Waals surface area (Å²) in [5, 5.41) is 0. The zero-order chi connectivity index (χ0) is 19.6. The summed E-state index contributed by atoms with van der Waals surface area (Å²) < 4.78 is 26.8. The normalized spacial score (nSPS) is 17.9. The number of carbonyl (C=O) groups is 1. The number of aromatic nitrogens is 1. The minimum atomic E-state index is -3.55. The summed E-state index contributed by atoms with van der Waals surface area (Å²) in [6.07, 6.45) is 8.00. The molecular formula is C21H25N3O3S. The monoisotopic (exact) mass is 399 g/mol. The third-order valence-corrected chi connectivity index (χ3v) is 7.51. The molecule has 1 aliphatic carbocycles. The second-order valence-corrected chi connectivity index (χ2v) is 9.40. The number of piperazine rings is 1. The molecule has 28 heavy (non-hydrogen) atoms. The second-order valence-electron chi connectivity index (χ2n) is 7.46. The summed E-state index contributed by atoms with van der Waals surface area (Å²) in [5.74, 6) is 0.0641. The van der Waals surface area contributed by atoms with Gasteiger partial charge < -0.3 is 4.90 Å². The van der Waals surface area contributed by atoms with E-state index in [4.69, 9.17) is 0 Å². The molecule has 0 spiro atoms. The predicted molar refractivity (Wildman–Crippen MR) is 106 cm³/mol. The first kappa shape index (κ1) is 19.1. The van der Waals surface area contributed by atoms with Crippen molar-refractivity contribution in [2.45, 2.75) is 37.0 Å². The highest BCUT2D eigenvalue weighted by Crippen LogP contribution is 2.23. The van der Waals surface area contributed by atoms with Crippen LogP contribution in [0, 0.1) is 0 Å². The summed E-state index contributed by atoms with van der Waals surface area (Å²) in [6, 6.07) is 9.57. The maximum absolute atomic E-state index is 12.7. The fourth-order valence-corrected chi connectivity index (χ4v) is 5.40. The molecule has 2 heterocycles. The molecule has 2 aromatic rings. The lowest BCUT2D eigenvalue weighted by atomic mass is 9.90. The zero-order valence-corrected chi connectivity index (χ0v) is 16.7. The highest BCUT2D eigenvalue weighted by Gasteiger charge is 2.30. The van der Waals surface area contributed by atoms with Crippen molar-refractivity contribution in [3.8, 4) is 0 Å².